The van der Waals surface area contributed by atoms with Crippen LogP contribution in [0.5, 0.6) is 0 Å². The molecule has 0 aliphatic rings. The van der Waals surface area contributed by atoms with Gasteiger partial charge in [-0.3, -0.25) is 4.98 Å². The first-order valence-corrected chi connectivity index (χ1v) is 9.08. The van der Waals surface area contributed by atoms with Crippen molar-refractivity contribution in [2.45, 2.75) is 19.3 Å². The monoisotopic (exact) mass is 391 g/mol. The second-order valence-electron chi connectivity index (χ2n) is 6.43. The van der Waals surface area contributed by atoms with Crippen molar-refractivity contribution >= 4 is 28.3 Å². The van der Waals surface area contributed by atoms with Gasteiger partial charge in [-0.1, -0.05) is 23.7 Å². The minimum Gasteiger partial charge on any atom is -0.346 e. The first-order valence-electron chi connectivity index (χ1n) is 8.70. The van der Waals surface area contributed by atoms with Crippen molar-refractivity contribution < 1.29 is 4.39 Å². The lowest BCUT2D eigenvalue weighted by atomic mass is 10.0. The second kappa shape index (κ2) is 7.75. The summed E-state index contributed by atoms with van der Waals surface area (Å²) in [6.45, 7) is 7.13. The third kappa shape index (κ3) is 3.85. The third-order valence-corrected chi connectivity index (χ3v) is 4.78. The van der Waals surface area contributed by atoms with E-state index < -0.39 is 5.95 Å². The molecular weight excluding hydrogens is 377 g/mol. The summed E-state index contributed by atoms with van der Waals surface area (Å²) in [7, 11) is 0. The van der Waals surface area contributed by atoms with Crippen LogP contribution < -0.4 is 0 Å². The van der Waals surface area contributed by atoms with Crippen molar-refractivity contribution in [2.75, 3.05) is 0 Å². The standard InChI is InChI=1S/C21H15ClFN5/c1-24-17-9-18-15(11-26-21(18)27-12-17)8-14-4-6-16(28-20(14)23)5-2-13-3-7-19(22)25-10-13/h3-4,6-7,9-12H,2,5,8H2,(H,26,27). The Balaban J connectivity index is 1.50. The van der Waals surface area contributed by atoms with Crippen molar-refractivity contribution in [3.8, 4) is 0 Å². The predicted molar refractivity (Wildman–Crippen MR) is 106 cm³/mol. The highest BCUT2D eigenvalue weighted by atomic mass is 35.5. The molecule has 0 aliphatic carbocycles. The molecule has 138 valence electrons. The Morgan fingerprint density at radius 3 is 2.71 bits per heavy atom. The Morgan fingerprint density at radius 1 is 1.07 bits per heavy atom. The number of aromatic amines is 1. The molecular formula is C21H15ClFN5. The minimum absolute atomic E-state index is 0.378. The van der Waals surface area contributed by atoms with Gasteiger partial charge in [0, 0.05) is 41.7 Å². The molecule has 0 radical (unpaired) electrons. The van der Waals surface area contributed by atoms with Crippen LogP contribution in [0.2, 0.25) is 5.15 Å². The quantitative estimate of drug-likeness (QED) is 0.381. The summed E-state index contributed by atoms with van der Waals surface area (Å²) in [5, 5.41) is 1.28. The van der Waals surface area contributed by atoms with E-state index in [1.165, 1.54) is 6.20 Å². The van der Waals surface area contributed by atoms with Gasteiger partial charge in [-0.25, -0.2) is 14.8 Å². The van der Waals surface area contributed by atoms with Crippen molar-refractivity contribution in [1.29, 1.82) is 0 Å². The normalized spacial score (nSPS) is 10.9. The highest BCUT2D eigenvalue weighted by Crippen LogP contribution is 2.24. The lowest BCUT2D eigenvalue weighted by Gasteiger charge is -2.06. The van der Waals surface area contributed by atoms with Gasteiger partial charge in [0.05, 0.1) is 6.57 Å². The van der Waals surface area contributed by atoms with Crippen LogP contribution in [0.15, 0.2) is 48.9 Å². The highest BCUT2D eigenvalue weighted by Gasteiger charge is 2.11. The largest absolute Gasteiger partial charge is 0.346 e. The Morgan fingerprint density at radius 2 is 1.96 bits per heavy atom. The van der Waals surface area contributed by atoms with Gasteiger partial charge < -0.3 is 4.98 Å². The summed E-state index contributed by atoms with van der Waals surface area (Å²) in [6.07, 6.45) is 6.74. The second-order valence-corrected chi connectivity index (χ2v) is 6.82. The average molecular weight is 392 g/mol. The van der Waals surface area contributed by atoms with E-state index in [4.69, 9.17) is 18.2 Å². The molecule has 0 bridgehead atoms. The molecule has 1 N–H and O–H groups in total. The molecule has 4 heterocycles. The van der Waals surface area contributed by atoms with Crippen LogP contribution in [0.1, 0.15) is 22.4 Å². The Labute approximate surface area is 166 Å². The molecule has 5 nitrogen and oxygen atoms in total. The Bertz CT molecular complexity index is 1180. The minimum atomic E-state index is -0.477. The zero-order valence-electron chi connectivity index (χ0n) is 14.8. The number of rotatable bonds is 5. The number of hydrogen-bond acceptors (Lipinski definition) is 3. The molecule has 4 rings (SSSR count). The molecule has 0 unspecified atom stereocenters. The molecule has 28 heavy (non-hydrogen) atoms. The molecule has 0 fully saturated rings. The maximum Gasteiger partial charge on any atom is 0.216 e. The maximum absolute atomic E-state index is 14.6. The third-order valence-electron chi connectivity index (χ3n) is 4.55. The van der Waals surface area contributed by atoms with Crippen molar-refractivity contribution in [1.82, 2.24) is 19.9 Å². The molecule has 7 heteroatoms. The fraction of sp³-hybridized carbons (Fsp3) is 0.143. The molecule has 0 atom stereocenters. The van der Waals surface area contributed by atoms with Crippen LogP contribution in [-0.2, 0) is 19.3 Å². The van der Waals surface area contributed by atoms with E-state index in [0.29, 0.717) is 47.0 Å². The van der Waals surface area contributed by atoms with Crippen LogP contribution in [0, 0.1) is 12.5 Å². The number of halogens is 2. The number of nitrogens with zero attached hydrogens (tertiary/aromatic N) is 4. The van der Waals surface area contributed by atoms with Gasteiger partial charge in [0.15, 0.2) is 0 Å². The molecule has 0 aliphatic heterocycles. The van der Waals surface area contributed by atoms with E-state index in [9.17, 15) is 4.39 Å². The maximum atomic E-state index is 14.6. The number of hydrogen-bond donors (Lipinski definition) is 1. The summed E-state index contributed by atoms with van der Waals surface area (Å²) < 4.78 is 14.6. The van der Waals surface area contributed by atoms with E-state index in [1.807, 2.05) is 12.1 Å². The van der Waals surface area contributed by atoms with Crippen molar-refractivity contribution in [3.63, 3.8) is 0 Å². The number of nitrogens with one attached hydrogen (secondary N) is 1. The average Bonchev–Trinajstić information content (AvgIpc) is 3.11. The number of pyridine rings is 3. The van der Waals surface area contributed by atoms with Crippen LogP contribution in [0.4, 0.5) is 10.1 Å². The van der Waals surface area contributed by atoms with Gasteiger partial charge in [0.25, 0.3) is 0 Å². The van der Waals surface area contributed by atoms with E-state index in [1.54, 1.807) is 30.6 Å². The Kier molecular flexibility index (Phi) is 5.00. The molecule has 4 aromatic rings. The molecule has 0 spiro atoms. The van der Waals surface area contributed by atoms with Gasteiger partial charge in [-0.15, -0.1) is 0 Å². The van der Waals surface area contributed by atoms with E-state index in [0.717, 1.165) is 16.5 Å². The molecule has 4 aromatic heterocycles. The van der Waals surface area contributed by atoms with Gasteiger partial charge in [0.1, 0.15) is 10.8 Å². The number of aryl methyl sites for hydroxylation is 2. The highest BCUT2D eigenvalue weighted by molar-refractivity contribution is 6.29. The van der Waals surface area contributed by atoms with Gasteiger partial charge in [-0.05, 0) is 42.2 Å². The number of H-pyrrole nitrogens is 1. The fourth-order valence-electron chi connectivity index (χ4n) is 3.06. The first-order chi connectivity index (χ1) is 13.6. The zero-order chi connectivity index (χ0) is 19.5. The summed E-state index contributed by atoms with van der Waals surface area (Å²) in [5.74, 6) is -0.477. The van der Waals surface area contributed by atoms with Gasteiger partial charge >= 0.3 is 0 Å². The van der Waals surface area contributed by atoms with E-state index in [2.05, 4.69) is 24.8 Å². The number of aromatic nitrogens is 4. The van der Waals surface area contributed by atoms with E-state index in [-0.39, 0.29) is 0 Å². The fourth-order valence-corrected chi connectivity index (χ4v) is 3.17. The van der Waals surface area contributed by atoms with Gasteiger partial charge in [0.2, 0.25) is 11.6 Å². The SMILES string of the molecule is [C-]#[N+]c1cnc2[nH]cc(Cc3ccc(CCc4ccc(Cl)nc4)nc3F)c2c1. The molecule has 0 saturated heterocycles. The topological polar surface area (TPSA) is 58.8 Å². The smallest absolute Gasteiger partial charge is 0.216 e. The molecule has 0 amide bonds. The lowest BCUT2D eigenvalue weighted by molar-refractivity contribution is 0.563. The summed E-state index contributed by atoms with van der Waals surface area (Å²) in [5.41, 5.74) is 4.24. The first kappa shape index (κ1) is 18.1. The lowest BCUT2D eigenvalue weighted by Crippen LogP contribution is -2.01. The van der Waals surface area contributed by atoms with Crippen molar-refractivity contribution in [2.24, 2.45) is 0 Å². The van der Waals surface area contributed by atoms with Crippen LogP contribution in [0.3, 0.4) is 0 Å². The van der Waals surface area contributed by atoms with Crippen molar-refractivity contribution in [3.05, 3.63) is 93.8 Å². The van der Waals surface area contributed by atoms with Crippen LogP contribution in [-0.4, -0.2) is 19.9 Å². The summed E-state index contributed by atoms with van der Waals surface area (Å²) >= 11 is 5.78. The summed E-state index contributed by atoms with van der Waals surface area (Å²) in [4.78, 5) is 18.8. The predicted octanol–water partition coefficient (Wildman–Crippen LogP) is 5.07. The Hall–Kier alpha value is -3.30. The number of fused-ring (bicyclic) bond motifs is 1. The van der Waals surface area contributed by atoms with Gasteiger partial charge in [-0.2, -0.15) is 4.39 Å². The molecule has 0 aromatic carbocycles. The molecule has 0 saturated carbocycles. The zero-order valence-corrected chi connectivity index (χ0v) is 15.5. The van der Waals surface area contributed by atoms with Crippen LogP contribution >= 0.6 is 11.6 Å². The summed E-state index contributed by atoms with van der Waals surface area (Å²) in [6, 6.07) is 9.02. The van der Waals surface area contributed by atoms with E-state index >= 15 is 0 Å². The van der Waals surface area contributed by atoms with Crippen LogP contribution in [0.25, 0.3) is 15.9 Å².